The van der Waals surface area contributed by atoms with Crippen LogP contribution in [-0.4, -0.2) is 45.9 Å². The van der Waals surface area contributed by atoms with Crippen LogP contribution in [0.4, 0.5) is 0 Å². The first kappa shape index (κ1) is 24.2. The van der Waals surface area contributed by atoms with Crippen molar-refractivity contribution < 1.29 is 28.5 Å². The maximum Gasteiger partial charge on any atom is 0.339 e. The molecule has 168 valence electrons. The standard InChI is InChI=1S/C24H31NO6/c1-6-7-13-31-17(2)24(23(27)30-5,19-11-9-8-10-12-19)25-22(26)18-14-20(28-3)16-21(15-18)29-4/h8-12,14-17H,6-7,13H2,1-5H3,(H,25,26)/t17-,24-/m1/s1. The lowest BCUT2D eigenvalue weighted by Crippen LogP contribution is -2.59. The van der Waals surface area contributed by atoms with E-state index in [9.17, 15) is 9.59 Å². The Morgan fingerprint density at radius 1 is 1.00 bits per heavy atom. The fraction of sp³-hybridized carbons (Fsp3) is 0.417. The molecule has 0 bridgehead atoms. The van der Waals surface area contributed by atoms with Gasteiger partial charge < -0.3 is 24.3 Å². The summed E-state index contributed by atoms with van der Waals surface area (Å²) in [6.07, 6.45) is 1.08. The molecule has 0 heterocycles. The lowest BCUT2D eigenvalue weighted by molar-refractivity contribution is -0.156. The highest BCUT2D eigenvalue weighted by molar-refractivity contribution is 5.99. The van der Waals surface area contributed by atoms with Crippen molar-refractivity contribution in [2.75, 3.05) is 27.9 Å². The van der Waals surface area contributed by atoms with Crippen molar-refractivity contribution in [2.45, 2.75) is 38.3 Å². The van der Waals surface area contributed by atoms with E-state index in [0.717, 1.165) is 12.8 Å². The van der Waals surface area contributed by atoms with Crippen LogP contribution < -0.4 is 14.8 Å². The van der Waals surface area contributed by atoms with Crippen molar-refractivity contribution in [3.63, 3.8) is 0 Å². The number of carbonyl (C=O) groups excluding carboxylic acids is 2. The quantitative estimate of drug-likeness (QED) is 0.433. The Kier molecular flexibility index (Phi) is 8.88. The highest BCUT2D eigenvalue weighted by atomic mass is 16.5. The molecule has 2 aromatic rings. The van der Waals surface area contributed by atoms with Gasteiger partial charge in [0.2, 0.25) is 0 Å². The van der Waals surface area contributed by atoms with Gasteiger partial charge in [-0.2, -0.15) is 0 Å². The predicted octanol–water partition coefficient (Wildman–Crippen LogP) is 3.71. The van der Waals surface area contributed by atoms with Gasteiger partial charge in [-0.25, -0.2) is 4.79 Å². The zero-order valence-corrected chi connectivity index (χ0v) is 18.8. The van der Waals surface area contributed by atoms with Crippen molar-refractivity contribution >= 4 is 11.9 Å². The number of methoxy groups -OCH3 is 3. The molecular formula is C24H31NO6. The minimum Gasteiger partial charge on any atom is -0.497 e. The summed E-state index contributed by atoms with van der Waals surface area (Å²) >= 11 is 0. The van der Waals surface area contributed by atoms with Crippen molar-refractivity contribution in [1.29, 1.82) is 0 Å². The molecule has 7 nitrogen and oxygen atoms in total. The van der Waals surface area contributed by atoms with E-state index >= 15 is 0 Å². The van der Waals surface area contributed by atoms with Gasteiger partial charge in [-0.3, -0.25) is 4.79 Å². The predicted molar refractivity (Wildman–Crippen MR) is 117 cm³/mol. The molecule has 2 atom stereocenters. The summed E-state index contributed by atoms with van der Waals surface area (Å²) < 4.78 is 21.7. The molecule has 2 rings (SSSR count). The highest BCUT2D eigenvalue weighted by Crippen LogP contribution is 2.31. The molecule has 0 fully saturated rings. The van der Waals surface area contributed by atoms with E-state index in [0.29, 0.717) is 23.7 Å². The fourth-order valence-corrected chi connectivity index (χ4v) is 3.32. The molecular weight excluding hydrogens is 398 g/mol. The van der Waals surface area contributed by atoms with Gasteiger partial charge in [-0.1, -0.05) is 43.7 Å². The molecule has 0 saturated carbocycles. The van der Waals surface area contributed by atoms with E-state index in [4.69, 9.17) is 18.9 Å². The largest absolute Gasteiger partial charge is 0.497 e. The third kappa shape index (κ3) is 5.55. The molecule has 0 spiro atoms. The van der Waals surface area contributed by atoms with Gasteiger partial charge in [0.05, 0.1) is 27.4 Å². The Labute approximate surface area is 183 Å². The normalized spacial score (nSPS) is 13.6. The molecule has 1 N–H and O–H groups in total. The molecule has 0 saturated heterocycles. The number of benzene rings is 2. The van der Waals surface area contributed by atoms with E-state index < -0.39 is 23.5 Å². The molecule has 0 unspecified atom stereocenters. The van der Waals surface area contributed by atoms with E-state index in [1.807, 2.05) is 6.07 Å². The number of hydrogen-bond acceptors (Lipinski definition) is 6. The van der Waals surface area contributed by atoms with Crippen molar-refractivity contribution in [3.05, 3.63) is 59.7 Å². The summed E-state index contributed by atoms with van der Waals surface area (Å²) in [5.41, 5.74) is -0.702. The zero-order chi connectivity index (χ0) is 22.9. The van der Waals surface area contributed by atoms with Gasteiger partial charge in [-0.05, 0) is 31.0 Å². The van der Waals surface area contributed by atoms with E-state index in [-0.39, 0.29) is 5.56 Å². The number of amides is 1. The summed E-state index contributed by atoms with van der Waals surface area (Å²) in [4.78, 5) is 26.5. The average Bonchev–Trinajstić information content (AvgIpc) is 2.81. The lowest BCUT2D eigenvalue weighted by atomic mass is 9.84. The minimum atomic E-state index is -1.54. The van der Waals surface area contributed by atoms with Gasteiger partial charge in [0.1, 0.15) is 11.5 Å². The first-order valence-electron chi connectivity index (χ1n) is 10.2. The maximum absolute atomic E-state index is 13.3. The second kappa shape index (κ2) is 11.4. The van der Waals surface area contributed by atoms with Gasteiger partial charge >= 0.3 is 5.97 Å². The Hall–Kier alpha value is -3.06. The zero-order valence-electron chi connectivity index (χ0n) is 18.8. The lowest BCUT2D eigenvalue weighted by Gasteiger charge is -2.37. The van der Waals surface area contributed by atoms with Crippen LogP contribution in [0.15, 0.2) is 48.5 Å². The first-order valence-corrected chi connectivity index (χ1v) is 10.2. The molecule has 7 heteroatoms. The fourth-order valence-electron chi connectivity index (χ4n) is 3.32. The van der Waals surface area contributed by atoms with E-state index in [1.165, 1.54) is 21.3 Å². The SMILES string of the molecule is CCCCO[C@H](C)[C@](NC(=O)c1cc(OC)cc(OC)c1)(C(=O)OC)c1ccccc1. The van der Waals surface area contributed by atoms with Crippen LogP contribution in [0.25, 0.3) is 0 Å². The minimum absolute atomic E-state index is 0.279. The highest BCUT2D eigenvalue weighted by Gasteiger charge is 2.49. The number of ether oxygens (including phenoxy) is 4. The smallest absolute Gasteiger partial charge is 0.339 e. The van der Waals surface area contributed by atoms with Gasteiger partial charge in [0.25, 0.3) is 5.91 Å². The van der Waals surface area contributed by atoms with Crippen LogP contribution in [-0.2, 0) is 19.8 Å². The van der Waals surface area contributed by atoms with Crippen LogP contribution in [0.5, 0.6) is 11.5 Å². The third-order valence-electron chi connectivity index (χ3n) is 5.14. The van der Waals surface area contributed by atoms with Crippen LogP contribution in [0.1, 0.15) is 42.6 Å². The second-order valence-corrected chi connectivity index (χ2v) is 7.09. The van der Waals surface area contributed by atoms with Crippen molar-refractivity contribution in [2.24, 2.45) is 0 Å². The Morgan fingerprint density at radius 2 is 1.61 bits per heavy atom. The molecule has 1 amide bonds. The van der Waals surface area contributed by atoms with Crippen molar-refractivity contribution in [3.8, 4) is 11.5 Å². The topological polar surface area (TPSA) is 83.1 Å². The number of esters is 1. The monoisotopic (exact) mass is 429 g/mol. The van der Waals surface area contributed by atoms with Crippen LogP contribution >= 0.6 is 0 Å². The molecule has 0 aliphatic heterocycles. The average molecular weight is 430 g/mol. The summed E-state index contributed by atoms with van der Waals surface area (Å²) in [5, 5.41) is 2.89. The summed E-state index contributed by atoms with van der Waals surface area (Å²) in [5.74, 6) is -0.191. The number of unbranched alkanes of at least 4 members (excludes halogenated alkanes) is 1. The Bertz CT molecular complexity index is 847. The first-order chi connectivity index (χ1) is 14.9. The number of rotatable bonds is 11. The number of nitrogens with one attached hydrogen (secondary N) is 1. The molecule has 0 aliphatic carbocycles. The Balaban J connectivity index is 2.53. The van der Waals surface area contributed by atoms with Crippen LogP contribution in [0.2, 0.25) is 0 Å². The summed E-state index contributed by atoms with van der Waals surface area (Å²) in [7, 11) is 4.30. The molecule has 0 radical (unpaired) electrons. The Morgan fingerprint density at radius 3 is 2.13 bits per heavy atom. The third-order valence-corrected chi connectivity index (χ3v) is 5.14. The molecule has 0 aliphatic rings. The maximum atomic E-state index is 13.3. The van der Waals surface area contributed by atoms with E-state index in [1.54, 1.807) is 49.4 Å². The summed E-state index contributed by atoms with van der Waals surface area (Å²) in [6, 6.07) is 13.8. The second-order valence-electron chi connectivity index (χ2n) is 7.09. The van der Waals surface area contributed by atoms with Crippen molar-refractivity contribution in [1.82, 2.24) is 5.32 Å². The molecule has 31 heavy (non-hydrogen) atoms. The van der Waals surface area contributed by atoms with Crippen LogP contribution in [0, 0.1) is 0 Å². The van der Waals surface area contributed by atoms with Gasteiger partial charge in [0, 0.05) is 18.2 Å². The van der Waals surface area contributed by atoms with Gasteiger partial charge in [-0.15, -0.1) is 0 Å². The molecule has 2 aromatic carbocycles. The number of carbonyl (C=O) groups is 2. The number of hydrogen-bond donors (Lipinski definition) is 1. The van der Waals surface area contributed by atoms with E-state index in [2.05, 4.69) is 12.2 Å². The summed E-state index contributed by atoms with van der Waals surface area (Å²) in [6.45, 7) is 4.26. The molecule has 0 aromatic heterocycles. The van der Waals surface area contributed by atoms with Crippen LogP contribution in [0.3, 0.4) is 0 Å². The van der Waals surface area contributed by atoms with Gasteiger partial charge in [0.15, 0.2) is 5.54 Å².